The molecular formula is C20H20N3O6-. The van der Waals surface area contributed by atoms with E-state index in [1.54, 1.807) is 12.1 Å². The lowest BCUT2D eigenvalue weighted by atomic mass is 10.0. The number of hydrogen-bond donors (Lipinski definition) is 2. The van der Waals surface area contributed by atoms with Crippen molar-refractivity contribution in [2.45, 2.75) is 26.3 Å². The second-order valence-electron chi connectivity index (χ2n) is 6.78. The third kappa shape index (κ3) is 5.86. The maximum absolute atomic E-state index is 12.6. The van der Waals surface area contributed by atoms with Crippen LogP contribution in [-0.4, -0.2) is 28.7 Å². The van der Waals surface area contributed by atoms with Crippen molar-refractivity contribution < 1.29 is 24.4 Å². The van der Waals surface area contributed by atoms with Gasteiger partial charge in [0.25, 0.3) is 17.5 Å². The van der Waals surface area contributed by atoms with Crippen molar-refractivity contribution in [2.75, 3.05) is 5.32 Å². The summed E-state index contributed by atoms with van der Waals surface area (Å²) in [6.45, 7) is 3.64. The van der Waals surface area contributed by atoms with Gasteiger partial charge in [-0.25, -0.2) is 0 Å². The van der Waals surface area contributed by atoms with Crippen molar-refractivity contribution >= 4 is 29.2 Å². The first-order valence-electron chi connectivity index (χ1n) is 8.85. The normalized spacial score (nSPS) is 11.6. The van der Waals surface area contributed by atoms with Crippen molar-refractivity contribution in [3.63, 3.8) is 0 Å². The molecule has 29 heavy (non-hydrogen) atoms. The Balaban J connectivity index is 2.19. The van der Waals surface area contributed by atoms with E-state index in [4.69, 9.17) is 0 Å². The zero-order valence-corrected chi connectivity index (χ0v) is 15.9. The highest BCUT2D eigenvalue weighted by Gasteiger charge is 2.19. The fraction of sp³-hybridized carbons (Fsp3) is 0.250. The number of rotatable bonds is 8. The van der Waals surface area contributed by atoms with Gasteiger partial charge in [-0.3, -0.25) is 19.7 Å². The minimum absolute atomic E-state index is 0.0234. The Labute approximate surface area is 166 Å². The molecule has 0 spiro atoms. The Kier molecular flexibility index (Phi) is 7.02. The van der Waals surface area contributed by atoms with E-state index in [0.717, 1.165) is 0 Å². The van der Waals surface area contributed by atoms with Crippen LogP contribution < -0.4 is 15.7 Å². The van der Waals surface area contributed by atoms with E-state index in [9.17, 15) is 29.6 Å². The molecule has 0 fully saturated rings. The summed E-state index contributed by atoms with van der Waals surface area (Å²) in [5, 5.41) is 27.0. The molecule has 2 aromatic rings. The monoisotopic (exact) mass is 398 g/mol. The Morgan fingerprint density at radius 1 is 1.00 bits per heavy atom. The zero-order chi connectivity index (χ0) is 21.6. The number of anilines is 1. The summed E-state index contributed by atoms with van der Waals surface area (Å²) in [7, 11) is 0. The number of carboxylic acid groups (broad SMARTS) is 1. The van der Waals surface area contributed by atoms with Crippen molar-refractivity contribution in [1.29, 1.82) is 0 Å². The number of amides is 2. The van der Waals surface area contributed by atoms with Crippen molar-refractivity contribution in [1.82, 2.24) is 5.32 Å². The first-order chi connectivity index (χ1) is 13.7. The SMILES string of the molecule is CC(C)C[C@H](NC(=O)c1ccccc1NC(=O)c1ccc([N+](=O)[O-])cc1)C(=O)[O-]. The molecule has 152 valence electrons. The number of nitrogens with zero attached hydrogens (tertiary/aromatic N) is 1. The number of carboxylic acids is 1. The van der Waals surface area contributed by atoms with Gasteiger partial charge in [-0.2, -0.15) is 0 Å². The Hall–Kier alpha value is -3.75. The van der Waals surface area contributed by atoms with Crippen LogP contribution in [-0.2, 0) is 4.79 Å². The second-order valence-corrected chi connectivity index (χ2v) is 6.78. The molecule has 0 unspecified atom stereocenters. The van der Waals surface area contributed by atoms with Crippen LogP contribution in [0.3, 0.4) is 0 Å². The average Bonchev–Trinajstić information content (AvgIpc) is 2.67. The summed E-state index contributed by atoms with van der Waals surface area (Å²) >= 11 is 0. The molecule has 2 aromatic carbocycles. The quantitative estimate of drug-likeness (QED) is 0.512. The van der Waals surface area contributed by atoms with E-state index < -0.39 is 28.7 Å². The predicted molar refractivity (Wildman–Crippen MR) is 103 cm³/mol. The third-order valence-corrected chi connectivity index (χ3v) is 4.06. The summed E-state index contributed by atoms with van der Waals surface area (Å²) < 4.78 is 0. The maximum atomic E-state index is 12.6. The van der Waals surface area contributed by atoms with Crippen LogP contribution in [0.4, 0.5) is 11.4 Å². The predicted octanol–water partition coefficient (Wildman–Crippen LogP) is 1.74. The number of nitro benzene ring substituents is 1. The molecule has 1 atom stereocenters. The molecule has 0 aliphatic carbocycles. The number of nitro groups is 1. The molecule has 9 nitrogen and oxygen atoms in total. The molecule has 0 radical (unpaired) electrons. The maximum Gasteiger partial charge on any atom is 0.269 e. The van der Waals surface area contributed by atoms with Gasteiger partial charge in [-0.05, 0) is 36.6 Å². The summed E-state index contributed by atoms with van der Waals surface area (Å²) in [6, 6.07) is 9.95. The van der Waals surface area contributed by atoms with E-state index in [0.29, 0.717) is 0 Å². The zero-order valence-electron chi connectivity index (χ0n) is 15.9. The van der Waals surface area contributed by atoms with Gasteiger partial charge in [0.1, 0.15) is 0 Å². The van der Waals surface area contributed by atoms with Crippen LogP contribution in [0.2, 0.25) is 0 Å². The molecule has 9 heteroatoms. The minimum Gasteiger partial charge on any atom is -0.548 e. The van der Waals surface area contributed by atoms with Crippen LogP contribution in [0.5, 0.6) is 0 Å². The smallest absolute Gasteiger partial charge is 0.269 e. The summed E-state index contributed by atoms with van der Waals surface area (Å²) in [5.74, 6) is -2.60. The second kappa shape index (κ2) is 9.45. The standard InChI is InChI=1S/C20H21N3O6/c1-12(2)11-17(20(26)27)22-19(25)15-5-3-4-6-16(15)21-18(24)13-7-9-14(10-8-13)23(28)29/h3-10,12,17H,11H2,1-2H3,(H,21,24)(H,22,25)(H,26,27)/p-1/t17-/m0/s1. The summed E-state index contributed by atoms with van der Waals surface area (Å²) in [6.07, 6.45) is 0.200. The number of carbonyl (C=O) groups excluding carboxylic acids is 3. The van der Waals surface area contributed by atoms with E-state index in [1.165, 1.54) is 36.4 Å². The van der Waals surface area contributed by atoms with Gasteiger partial charge in [-0.1, -0.05) is 26.0 Å². The molecule has 0 aliphatic rings. The van der Waals surface area contributed by atoms with Crippen LogP contribution in [0, 0.1) is 16.0 Å². The van der Waals surface area contributed by atoms with Crippen LogP contribution in [0.15, 0.2) is 48.5 Å². The van der Waals surface area contributed by atoms with Gasteiger partial charge in [0.2, 0.25) is 0 Å². The highest BCUT2D eigenvalue weighted by molar-refractivity contribution is 6.09. The molecular weight excluding hydrogens is 378 g/mol. The van der Waals surface area contributed by atoms with Crippen molar-refractivity contribution in [3.05, 3.63) is 69.8 Å². The summed E-state index contributed by atoms with van der Waals surface area (Å²) in [5.41, 5.74) is 0.269. The molecule has 0 saturated carbocycles. The number of para-hydroxylation sites is 1. The van der Waals surface area contributed by atoms with Crippen molar-refractivity contribution in [2.24, 2.45) is 5.92 Å². The number of carbonyl (C=O) groups is 3. The van der Waals surface area contributed by atoms with Crippen LogP contribution in [0.25, 0.3) is 0 Å². The molecule has 2 rings (SSSR count). The Morgan fingerprint density at radius 2 is 1.62 bits per heavy atom. The lowest BCUT2D eigenvalue weighted by molar-refractivity contribution is -0.384. The molecule has 0 saturated heterocycles. The van der Waals surface area contributed by atoms with E-state index >= 15 is 0 Å². The highest BCUT2D eigenvalue weighted by atomic mass is 16.6. The molecule has 0 heterocycles. The highest BCUT2D eigenvalue weighted by Crippen LogP contribution is 2.18. The van der Waals surface area contributed by atoms with Gasteiger partial charge in [0.05, 0.1) is 28.2 Å². The lowest BCUT2D eigenvalue weighted by Gasteiger charge is -2.22. The number of hydrogen-bond acceptors (Lipinski definition) is 6. The van der Waals surface area contributed by atoms with Gasteiger partial charge in [0.15, 0.2) is 0 Å². The van der Waals surface area contributed by atoms with Gasteiger partial charge < -0.3 is 20.5 Å². The first-order valence-corrected chi connectivity index (χ1v) is 8.85. The van der Waals surface area contributed by atoms with Gasteiger partial charge in [0, 0.05) is 17.7 Å². The fourth-order valence-corrected chi connectivity index (χ4v) is 2.64. The molecule has 0 aromatic heterocycles. The first kappa shape index (κ1) is 21.5. The summed E-state index contributed by atoms with van der Waals surface area (Å²) in [4.78, 5) is 46.4. The third-order valence-electron chi connectivity index (χ3n) is 4.06. The van der Waals surface area contributed by atoms with Crippen molar-refractivity contribution in [3.8, 4) is 0 Å². The molecule has 2 N–H and O–H groups in total. The van der Waals surface area contributed by atoms with Gasteiger partial charge >= 0.3 is 0 Å². The molecule has 0 aliphatic heterocycles. The number of nitrogens with one attached hydrogen (secondary N) is 2. The van der Waals surface area contributed by atoms with E-state index in [1.807, 2.05) is 13.8 Å². The molecule has 0 bridgehead atoms. The van der Waals surface area contributed by atoms with Crippen LogP contribution in [0.1, 0.15) is 41.0 Å². The van der Waals surface area contributed by atoms with Crippen LogP contribution >= 0.6 is 0 Å². The Bertz CT molecular complexity index is 924. The largest absolute Gasteiger partial charge is 0.548 e. The topological polar surface area (TPSA) is 141 Å². The fourth-order valence-electron chi connectivity index (χ4n) is 2.64. The number of benzene rings is 2. The Morgan fingerprint density at radius 3 is 2.17 bits per heavy atom. The minimum atomic E-state index is -1.39. The lowest BCUT2D eigenvalue weighted by Crippen LogP contribution is -2.48. The average molecular weight is 398 g/mol. The van der Waals surface area contributed by atoms with Gasteiger partial charge in [-0.15, -0.1) is 0 Å². The number of aliphatic carboxylic acids is 1. The van der Waals surface area contributed by atoms with E-state index in [2.05, 4.69) is 10.6 Å². The van der Waals surface area contributed by atoms with E-state index in [-0.39, 0.29) is 34.8 Å². The number of non-ortho nitro benzene ring substituents is 1. The molecule has 2 amide bonds.